The Labute approximate surface area is 253 Å². The molecule has 2 unspecified atom stereocenters. The summed E-state index contributed by atoms with van der Waals surface area (Å²) in [7, 11) is 1.61. The number of H-pyrrole nitrogens is 1. The number of anilines is 1. The highest BCUT2D eigenvalue weighted by Gasteiger charge is 2.38. The third kappa shape index (κ3) is 5.12. The molecule has 2 fully saturated rings. The van der Waals surface area contributed by atoms with Gasteiger partial charge in [0.25, 0.3) is 11.8 Å². The van der Waals surface area contributed by atoms with Gasteiger partial charge in [0.2, 0.25) is 0 Å². The quantitative estimate of drug-likeness (QED) is 0.318. The van der Waals surface area contributed by atoms with Crippen LogP contribution in [0.2, 0.25) is 10.0 Å². The van der Waals surface area contributed by atoms with Crippen molar-refractivity contribution in [1.82, 2.24) is 24.9 Å². The zero-order valence-corrected chi connectivity index (χ0v) is 25.0. The van der Waals surface area contributed by atoms with Crippen molar-refractivity contribution in [3.8, 4) is 5.75 Å². The Morgan fingerprint density at radius 3 is 2.67 bits per heavy atom. The number of aryl methyl sites for hydroxylation is 1. The van der Waals surface area contributed by atoms with Crippen molar-refractivity contribution in [2.45, 2.75) is 50.7 Å². The van der Waals surface area contributed by atoms with E-state index in [9.17, 15) is 14.7 Å². The summed E-state index contributed by atoms with van der Waals surface area (Å²) in [5.41, 5.74) is 1.87. The Hall–Kier alpha value is -3.60. The van der Waals surface area contributed by atoms with Crippen molar-refractivity contribution in [3.05, 3.63) is 69.6 Å². The molecular formula is C30H32Cl2N6O4. The van der Waals surface area contributed by atoms with Gasteiger partial charge >= 0.3 is 0 Å². The topological polar surface area (TPSA) is 117 Å². The minimum absolute atomic E-state index is 0.0670. The summed E-state index contributed by atoms with van der Waals surface area (Å²) in [6.45, 7) is 3.29. The van der Waals surface area contributed by atoms with Gasteiger partial charge < -0.3 is 24.6 Å². The highest BCUT2D eigenvalue weighted by atomic mass is 35.5. The fourth-order valence-electron chi connectivity index (χ4n) is 6.12. The van der Waals surface area contributed by atoms with E-state index in [1.807, 2.05) is 31.2 Å². The van der Waals surface area contributed by atoms with E-state index < -0.39 is 11.6 Å². The summed E-state index contributed by atoms with van der Waals surface area (Å²) in [5.74, 6) is 0.501. The van der Waals surface area contributed by atoms with Gasteiger partial charge in [-0.3, -0.25) is 9.59 Å². The van der Waals surface area contributed by atoms with E-state index >= 15 is 0 Å². The molecule has 2 aromatic carbocycles. The number of rotatable bonds is 5. The fourth-order valence-corrected chi connectivity index (χ4v) is 6.75. The number of carbonyl (C=O) groups excluding carboxylic acids is 2. The molecule has 220 valence electrons. The highest BCUT2D eigenvalue weighted by Crippen LogP contribution is 2.36. The zero-order valence-electron chi connectivity index (χ0n) is 23.4. The maximum absolute atomic E-state index is 13.6. The molecule has 4 heterocycles. The normalized spacial score (nSPS) is 21.5. The van der Waals surface area contributed by atoms with Crippen LogP contribution in [0.25, 0.3) is 10.9 Å². The number of aromatic nitrogens is 4. The van der Waals surface area contributed by atoms with Crippen molar-refractivity contribution >= 4 is 51.6 Å². The van der Waals surface area contributed by atoms with Crippen LogP contribution in [-0.4, -0.2) is 68.5 Å². The highest BCUT2D eigenvalue weighted by molar-refractivity contribution is 6.39. The molecule has 10 nitrogen and oxygen atoms in total. The first kappa shape index (κ1) is 28.5. The van der Waals surface area contributed by atoms with E-state index in [1.165, 1.54) is 0 Å². The smallest absolute Gasteiger partial charge is 0.270 e. The summed E-state index contributed by atoms with van der Waals surface area (Å²) in [4.78, 5) is 33.7. The van der Waals surface area contributed by atoms with E-state index in [1.54, 1.807) is 39.9 Å². The van der Waals surface area contributed by atoms with Crippen LogP contribution in [0.4, 0.5) is 5.69 Å². The molecule has 12 heteroatoms. The number of hydrogen-bond donors (Lipinski definition) is 2. The monoisotopic (exact) mass is 610 g/mol. The van der Waals surface area contributed by atoms with Gasteiger partial charge in [-0.15, -0.1) is 5.10 Å². The van der Waals surface area contributed by atoms with Crippen LogP contribution in [0.3, 0.4) is 0 Å². The maximum atomic E-state index is 13.6. The largest absolute Gasteiger partial charge is 0.497 e. The van der Waals surface area contributed by atoms with E-state index in [0.717, 1.165) is 28.8 Å². The van der Waals surface area contributed by atoms with Crippen molar-refractivity contribution in [2.24, 2.45) is 0 Å². The van der Waals surface area contributed by atoms with Gasteiger partial charge in [0.15, 0.2) is 0 Å². The molecular weight excluding hydrogens is 579 g/mol. The number of aromatic amines is 1. The maximum Gasteiger partial charge on any atom is 0.270 e. The second-order valence-electron chi connectivity index (χ2n) is 11.0. The van der Waals surface area contributed by atoms with Gasteiger partial charge in [0, 0.05) is 41.2 Å². The first-order valence-corrected chi connectivity index (χ1v) is 14.8. The number of fused-ring (bicyclic) bond motifs is 1. The van der Waals surface area contributed by atoms with Crippen LogP contribution < -0.4 is 9.64 Å². The molecule has 0 saturated carbocycles. The Morgan fingerprint density at radius 2 is 1.90 bits per heavy atom. The number of piperidine rings is 1. The Kier molecular flexibility index (Phi) is 7.63. The van der Waals surface area contributed by atoms with E-state index in [2.05, 4.69) is 15.3 Å². The standard InChI is InChI=1S/C30H32Cl2N6O4/c1-18-26-22(32)15-19(31)16-23(26)33-27(18)29(40)36-12-4-10-30(41,11-14-36)25-17-38(35-34-25)24-5-3-13-37(28(24)39)20-6-8-21(42-2)9-7-20/h6-9,15-17,24,33,41H,3-5,10-14H2,1-2H3. The number of hydrogen-bond acceptors (Lipinski definition) is 6. The van der Waals surface area contributed by atoms with Crippen molar-refractivity contribution in [2.75, 3.05) is 31.6 Å². The lowest BCUT2D eigenvalue weighted by atomic mass is 9.91. The second kappa shape index (κ2) is 11.2. The summed E-state index contributed by atoms with van der Waals surface area (Å²) >= 11 is 12.6. The van der Waals surface area contributed by atoms with E-state index in [-0.39, 0.29) is 11.8 Å². The molecule has 2 N–H and O–H groups in total. The minimum Gasteiger partial charge on any atom is -0.497 e. The van der Waals surface area contributed by atoms with Gasteiger partial charge in [-0.25, -0.2) is 4.68 Å². The number of benzene rings is 2. The van der Waals surface area contributed by atoms with Gasteiger partial charge in [0.05, 0.1) is 18.3 Å². The minimum atomic E-state index is -1.27. The molecule has 4 aromatic rings. The SMILES string of the molecule is COc1ccc(N2CCCC(n3cc(C4(O)CCCN(C(=O)c5[nH]c6cc(Cl)cc(Cl)c6c5C)CC4)nn3)C2=O)cc1. The first-order chi connectivity index (χ1) is 20.2. The number of methoxy groups -OCH3 is 1. The predicted octanol–water partition coefficient (Wildman–Crippen LogP) is 5.27. The molecule has 0 spiro atoms. The average Bonchev–Trinajstić information content (AvgIpc) is 3.54. The molecule has 0 aliphatic carbocycles. The van der Waals surface area contributed by atoms with Crippen LogP contribution in [0.5, 0.6) is 5.75 Å². The van der Waals surface area contributed by atoms with Crippen LogP contribution >= 0.6 is 23.2 Å². The lowest BCUT2D eigenvalue weighted by Gasteiger charge is -2.32. The fraction of sp³-hybridized carbons (Fsp3) is 0.400. The molecule has 6 rings (SSSR count). The third-order valence-corrected chi connectivity index (χ3v) is 9.00. The first-order valence-electron chi connectivity index (χ1n) is 14.1. The molecule has 0 bridgehead atoms. The lowest BCUT2D eigenvalue weighted by molar-refractivity contribution is -0.123. The third-order valence-electron chi connectivity index (χ3n) is 8.48. The molecule has 2 atom stereocenters. The summed E-state index contributed by atoms with van der Waals surface area (Å²) < 4.78 is 6.81. The van der Waals surface area contributed by atoms with E-state index in [4.69, 9.17) is 27.9 Å². The van der Waals surface area contributed by atoms with Crippen LogP contribution in [-0.2, 0) is 10.4 Å². The van der Waals surface area contributed by atoms with Gasteiger partial charge in [-0.1, -0.05) is 28.4 Å². The second-order valence-corrected chi connectivity index (χ2v) is 11.9. The number of aliphatic hydroxyl groups is 1. The molecule has 2 aliphatic heterocycles. The number of carbonyl (C=O) groups is 2. The Bertz CT molecular complexity index is 1650. The number of ether oxygens (including phenoxy) is 1. The van der Waals surface area contributed by atoms with Crippen LogP contribution in [0.1, 0.15) is 59.9 Å². The Balaban J connectivity index is 1.17. The summed E-state index contributed by atoms with van der Waals surface area (Å²) in [6.07, 6.45) is 4.41. The molecule has 2 aliphatic rings. The number of likely N-dealkylation sites (tertiary alicyclic amines) is 1. The number of halogens is 2. The van der Waals surface area contributed by atoms with Gasteiger partial charge in [-0.2, -0.15) is 0 Å². The molecule has 0 radical (unpaired) electrons. The zero-order chi connectivity index (χ0) is 29.6. The average molecular weight is 612 g/mol. The molecule has 2 saturated heterocycles. The summed E-state index contributed by atoms with van der Waals surface area (Å²) in [5, 5.41) is 22.0. The van der Waals surface area contributed by atoms with Crippen LogP contribution in [0, 0.1) is 6.92 Å². The van der Waals surface area contributed by atoms with Gasteiger partial charge in [0.1, 0.15) is 28.8 Å². The number of nitrogens with zero attached hydrogens (tertiary/aromatic N) is 5. The lowest BCUT2D eigenvalue weighted by Crippen LogP contribution is -2.42. The number of amides is 2. The van der Waals surface area contributed by atoms with Crippen molar-refractivity contribution in [3.63, 3.8) is 0 Å². The van der Waals surface area contributed by atoms with Crippen molar-refractivity contribution in [1.29, 1.82) is 0 Å². The molecule has 42 heavy (non-hydrogen) atoms. The van der Waals surface area contributed by atoms with Gasteiger partial charge in [-0.05, 0) is 81.0 Å². The molecule has 2 amide bonds. The summed E-state index contributed by atoms with van der Waals surface area (Å²) in [6, 6.07) is 10.3. The van der Waals surface area contributed by atoms with Crippen LogP contribution in [0.15, 0.2) is 42.6 Å². The predicted molar refractivity (Wildman–Crippen MR) is 160 cm³/mol. The van der Waals surface area contributed by atoms with E-state index in [0.29, 0.717) is 72.3 Å². The van der Waals surface area contributed by atoms with Crippen molar-refractivity contribution < 1.29 is 19.4 Å². The number of nitrogens with one attached hydrogen (secondary N) is 1. The molecule has 2 aromatic heterocycles. The Morgan fingerprint density at radius 1 is 1.12 bits per heavy atom.